The maximum atomic E-state index is 10.8. The zero-order valence-corrected chi connectivity index (χ0v) is 7.31. The number of hydrogen-bond donors (Lipinski definition) is 3. The van der Waals surface area contributed by atoms with Crippen molar-refractivity contribution in [3.63, 3.8) is 0 Å². The summed E-state index contributed by atoms with van der Waals surface area (Å²) in [6, 6.07) is -0.988. The number of aliphatic hydroxyl groups excluding tert-OH is 2. The number of nitrogens with two attached hydrogens (primary N) is 1. The van der Waals surface area contributed by atoms with E-state index in [1.807, 2.05) is 0 Å². The van der Waals surface area contributed by atoms with Gasteiger partial charge in [-0.05, 0) is 0 Å². The maximum Gasteiger partial charge on any atom is 0.325 e. The molecule has 0 aromatic heterocycles. The molecule has 4 N–H and O–H groups in total. The predicted octanol–water partition coefficient (Wildman–Crippen LogP) is -2.14. The van der Waals surface area contributed by atoms with E-state index in [2.05, 4.69) is 4.74 Å². The Labute approximate surface area is 76.2 Å². The number of carbonyl (C=O) groups excluding carboxylic acids is 1. The van der Waals surface area contributed by atoms with Crippen LogP contribution in [0.5, 0.6) is 0 Å². The van der Waals surface area contributed by atoms with Gasteiger partial charge in [-0.25, -0.2) is 0 Å². The second-order valence-corrected chi connectivity index (χ2v) is 2.29. The summed E-state index contributed by atoms with van der Waals surface area (Å²) in [6.45, 7) is 0.00101. The topological polar surface area (TPSA) is 102 Å². The van der Waals surface area contributed by atoms with Gasteiger partial charge in [0.15, 0.2) is 0 Å². The Hall–Kier alpha value is -0.690. The average Bonchev–Trinajstić information content (AvgIpc) is 2.16. The van der Waals surface area contributed by atoms with E-state index >= 15 is 0 Å². The van der Waals surface area contributed by atoms with Gasteiger partial charge in [-0.1, -0.05) is 0 Å². The molecular weight excluding hydrogens is 178 g/mol. The summed E-state index contributed by atoms with van der Waals surface area (Å²) >= 11 is 0. The van der Waals surface area contributed by atoms with Crippen LogP contribution in [0.25, 0.3) is 0 Å². The van der Waals surface area contributed by atoms with Gasteiger partial charge in [0.1, 0.15) is 12.6 Å². The molecule has 1 unspecified atom stereocenters. The van der Waals surface area contributed by atoms with E-state index in [9.17, 15) is 4.79 Å². The molecule has 6 heteroatoms. The predicted molar refractivity (Wildman–Crippen MR) is 43.9 cm³/mol. The van der Waals surface area contributed by atoms with Gasteiger partial charge in [0.25, 0.3) is 0 Å². The van der Waals surface area contributed by atoms with Crippen LogP contribution in [0.3, 0.4) is 0 Å². The molecule has 0 aliphatic rings. The van der Waals surface area contributed by atoms with E-state index in [4.69, 9.17) is 20.7 Å². The molecule has 0 bridgehead atoms. The highest BCUT2D eigenvalue weighted by Crippen LogP contribution is 1.85. The quantitative estimate of drug-likeness (QED) is 0.315. The third kappa shape index (κ3) is 6.47. The summed E-state index contributed by atoms with van der Waals surface area (Å²) in [5, 5.41) is 16.8. The van der Waals surface area contributed by atoms with Gasteiger partial charge < -0.3 is 25.4 Å². The van der Waals surface area contributed by atoms with Crippen LogP contribution >= 0.6 is 0 Å². The van der Waals surface area contributed by atoms with Gasteiger partial charge in [-0.15, -0.1) is 0 Å². The van der Waals surface area contributed by atoms with Gasteiger partial charge in [-0.3, -0.25) is 4.79 Å². The first-order valence-electron chi connectivity index (χ1n) is 3.94. The highest BCUT2D eigenvalue weighted by Gasteiger charge is 2.12. The molecule has 0 radical (unpaired) electrons. The summed E-state index contributed by atoms with van der Waals surface area (Å²) < 4.78 is 9.43. The van der Waals surface area contributed by atoms with Gasteiger partial charge in [0.05, 0.1) is 26.4 Å². The van der Waals surface area contributed by atoms with Crippen LogP contribution in [0.4, 0.5) is 0 Å². The summed E-state index contributed by atoms with van der Waals surface area (Å²) in [5.41, 5.74) is 5.15. The van der Waals surface area contributed by atoms with Crippen molar-refractivity contribution in [3.05, 3.63) is 0 Å². The fourth-order valence-electron chi connectivity index (χ4n) is 0.549. The second-order valence-electron chi connectivity index (χ2n) is 2.29. The van der Waals surface area contributed by atoms with Crippen LogP contribution in [0.2, 0.25) is 0 Å². The lowest BCUT2D eigenvalue weighted by atomic mass is 10.3. The molecule has 0 aliphatic carbocycles. The minimum absolute atomic E-state index is 0.0654. The van der Waals surface area contributed by atoms with E-state index < -0.39 is 18.6 Å². The van der Waals surface area contributed by atoms with Crippen molar-refractivity contribution in [2.24, 2.45) is 5.73 Å². The monoisotopic (exact) mass is 193 g/mol. The summed E-state index contributed by atoms with van der Waals surface area (Å²) in [6.07, 6.45) is 0. The molecule has 0 aromatic carbocycles. The number of rotatable bonds is 7. The largest absolute Gasteiger partial charge is 0.462 e. The van der Waals surface area contributed by atoms with E-state index in [0.717, 1.165) is 0 Å². The molecule has 78 valence electrons. The average molecular weight is 193 g/mol. The van der Waals surface area contributed by atoms with Gasteiger partial charge >= 0.3 is 5.97 Å². The van der Waals surface area contributed by atoms with Crippen LogP contribution in [0.1, 0.15) is 0 Å². The minimum atomic E-state index is -0.988. The molecule has 0 saturated carbocycles. The molecule has 0 fully saturated rings. The van der Waals surface area contributed by atoms with Crippen molar-refractivity contribution < 1.29 is 24.5 Å². The Bertz CT molecular complexity index is 141. The van der Waals surface area contributed by atoms with Crippen molar-refractivity contribution in [3.8, 4) is 0 Å². The number of aliphatic hydroxyl groups is 2. The zero-order chi connectivity index (χ0) is 10.1. The second kappa shape index (κ2) is 7.93. The number of esters is 1. The highest BCUT2D eigenvalue weighted by atomic mass is 16.6. The van der Waals surface area contributed by atoms with Crippen LogP contribution in [0.15, 0.2) is 0 Å². The molecule has 0 aliphatic heterocycles. The normalized spacial score (nSPS) is 12.5. The molecule has 0 heterocycles. The molecule has 6 nitrogen and oxygen atoms in total. The van der Waals surface area contributed by atoms with Gasteiger partial charge in [0, 0.05) is 0 Å². The SMILES string of the molecule is NC(CO)C(=O)OCCOCCO. The van der Waals surface area contributed by atoms with Crippen molar-refractivity contribution in [1.29, 1.82) is 0 Å². The van der Waals surface area contributed by atoms with Crippen molar-refractivity contribution >= 4 is 5.97 Å². The third-order valence-corrected chi connectivity index (χ3v) is 1.21. The summed E-state index contributed by atoms with van der Waals surface area (Å²) in [7, 11) is 0. The third-order valence-electron chi connectivity index (χ3n) is 1.21. The molecule has 0 aromatic rings. The lowest BCUT2D eigenvalue weighted by Gasteiger charge is -2.08. The Morgan fingerprint density at radius 2 is 2.00 bits per heavy atom. The summed E-state index contributed by atoms with van der Waals surface area (Å²) in [4.78, 5) is 10.8. The Morgan fingerprint density at radius 1 is 1.31 bits per heavy atom. The van der Waals surface area contributed by atoms with E-state index in [0.29, 0.717) is 0 Å². The van der Waals surface area contributed by atoms with E-state index in [1.54, 1.807) is 0 Å². The van der Waals surface area contributed by atoms with Crippen LogP contribution in [-0.4, -0.2) is 55.3 Å². The fourth-order valence-corrected chi connectivity index (χ4v) is 0.549. The first-order chi connectivity index (χ1) is 6.22. The molecular formula is C7H15NO5. The minimum Gasteiger partial charge on any atom is -0.462 e. The molecule has 1 atom stereocenters. The number of hydrogen-bond acceptors (Lipinski definition) is 6. The Kier molecular flexibility index (Phi) is 7.51. The maximum absolute atomic E-state index is 10.8. The summed E-state index contributed by atoms with van der Waals surface area (Å²) in [5.74, 6) is -0.657. The smallest absolute Gasteiger partial charge is 0.325 e. The van der Waals surface area contributed by atoms with Crippen molar-refractivity contribution in [2.75, 3.05) is 33.0 Å². The standard InChI is InChI=1S/C7H15NO5/c8-6(5-10)7(11)13-4-3-12-2-1-9/h6,9-10H,1-5,8H2. The molecule has 0 rings (SSSR count). The van der Waals surface area contributed by atoms with Gasteiger partial charge in [0.2, 0.25) is 0 Å². The molecule has 0 saturated heterocycles. The molecule has 13 heavy (non-hydrogen) atoms. The highest BCUT2D eigenvalue weighted by molar-refractivity contribution is 5.75. The zero-order valence-electron chi connectivity index (χ0n) is 7.31. The van der Waals surface area contributed by atoms with Crippen LogP contribution < -0.4 is 5.73 Å². The van der Waals surface area contributed by atoms with Crippen molar-refractivity contribution in [1.82, 2.24) is 0 Å². The Balaban J connectivity index is 3.27. The van der Waals surface area contributed by atoms with Crippen LogP contribution in [0, 0.1) is 0 Å². The van der Waals surface area contributed by atoms with Crippen molar-refractivity contribution in [2.45, 2.75) is 6.04 Å². The number of ether oxygens (including phenoxy) is 2. The lowest BCUT2D eigenvalue weighted by Crippen LogP contribution is -2.36. The van der Waals surface area contributed by atoms with E-state index in [-0.39, 0.29) is 26.4 Å². The fraction of sp³-hybridized carbons (Fsp3) is 0.857. The molecule has 0 amide bonds. The Morgan fingerprint density at radius 3 is 2.54 bits per heavy atom. The molecule has 0 spiro atoms. The van der Waals surface area contributed by atoms with Crippen LogP contribution in [-0.2, 0) is 14.3 Å². The first kappa shape index (κ1) is 12.3. The van der Waals surface area contributed by atoms with E-state index in [1.165, 1.54) is 0 Å². The lowest BCUT2D eigenvalue weighted by molar-refractivity contribution is -0.147. The first-order valence-corrected chi connectivity index (χ1v) is 3.94. The number of carbonyl (C=O) groups is 1. The van der Waals surface area contributed by atoms with Gasteiger partial charge in [-0.2, -0.15) is 0 Å².